The lowest BCUT2D eigenvalue weighted by Gasteiger charge is -2.08. The molecule has 0 amide bonds. The summed E-state index contributed by atoms with van der Waals surface area (Å²) in [5.41, 5.74) is 3.42. The van der Waals surface area contributed by atoms with E-state index in [9.17, 15) is 0 Å². The number of hydrogen-bond donors (Lipinski definition) is 1. The normalized spacial score (nSPS) is 10.4. The molecule has 0 saturated carbocycles. The van der Waals surface area contributed by atoms with Crippen LogP contribution in [0.15, 0.2) is 66.9 Å². The second-order valence-corrected chi connectivity index (χ2v) is 4.21. The fraction of sp³-hybridized carbons (Fsp3) is 0.0625. The molecule has 0 aliphatic carbocycles. The zero-order valence-corrected chi connectivity index (χ0v) is 10.0. The number of hydrogen-bond acceptors (Lipinski definition) is 2. The van der Waals surface area contributed by atoms with E-state index in [-0.39, 0.29) is 0 Å². The molecule has 1 N–H and O–H groups in total. The Morgan fingerprint density at radius 2 is 1.67 bits per heavy atom. The Bertz CT molecular complexity index is 642. The summed E-state index contributed by atoms with van der Waals surface area (Å²) in [5, 5.41) is 4.60. The van der Waals surface area contributed by atoms with Gasteiger partial charge in [-0.2, -0.15) is 0 Å². The molecule has 1 aromatic heterocycles. The molecule has 0 unspecified atom stereocenters. The van der Waals surface area contributed by atoms with Crippen LogP contribution in [0.2, 0.25) is 0 Å². The lowest BCUT2D eigenvalue weighted by atomic mass is 10.1. The van der Waals surface area contributed by atoms with Gasteiger partial charge in [-0.05, 0) is 23.8 Å². The van der Waals surface area contributed by atoms with Crippen molar-refractivity contribution in [2.24, 2.45) is 0 Å². The predicted molar refractivity (Wildman–Crippen MR) is 75.5 cm³/mol. The number of rotatable bonds is 3. The number of fused-ring (bicyclic) bond motifs is 1. The van der Waals surface area contributed by atoms with Crippen molar-refractivity contribution in [1.29, 1.82) is 0 Å². The zero-order valence-electron chi connectivity index (χ0n) is 10.0. The zero-order chi connectivity index (χ0) is 12.2. The molecule has 0 atom stereocenters. The van der Waals surface area contributed by atoms with Crippen LogP contribution in [0, 0.1) is 0 Å². The Balaban J connectivity index is 1.87. The lowest BCUT2D eigenvalue weighted by Crippen LogP contribution is -2.00. The molecular weight excluding hydrogens is 220 g/mol. The molecule has 2 nitrogen and oxygen atoms in total. The summed E-state index contributed by atoms with van der Waals surface area (Å²) >= 11 is 0. The first-order valence-electron chi connectivity index (χ1n) is 6.05. The lowest BCUT2D eigenvalue weighted by molar-refractivity contribution is 1.15. The molecule has 3 rings (SSSR count). The van der Waals surface area contributed by atoms with Crippen LogP contribution in [-0.4, -0.2) is 4.98 Å². The van der Waals surface area contributed by atoms with Crippen molar-refractivity contribution in [3.63, 3.8) is 0 Å². The molecule has 0 fully saturated rings. The molecule has 0 saturated heterocycles. The van der Waals surface area contributed by atoms with Crippen LogP contribution in [0.25, 0.3) is 10.9 Å². The molecule has 0 spiro atoms. The summed E-state index contributed by atoms with van der Waals surface area (Å²) in [4.78, 5) is 4.45. The third kappa shape index (κ3) is 2.18. The minimum absolute atomic E-state index is 0.790. The monoisotopic (exact) mass is 234 g/mol. The maximum absolute atomic E-state index is 4.45. The maximum Gasteiger partial charge on any atom is 0.0751 e. The maximum atomic E-state index is 4.45. The molecule has 3 aromatic rings. The van der Waals surface area contributed by atoms with Gasteiger partial charge in [0.15, 0.2) is 0 Å². The Labute approximate surface area is 106 Å². The summed E-state index contributed by atoms with van der Waals surface area (Å²) < 4.78 is 0. The van der Waals surface area contributed by atoms with Crippen LogP contribution in [0.5, 0.6) is 0 Å². The fourth-order valence-electron chi connectivity index (χ4n) is 2.06. The third-order valence-corrected chi connectivity index (χ3v) is 2.97. The topological polar surface area (TPSA) is 24.9 Å². The van der Waals surface area contributed by atoms with E-state index in [1.807, 2.05) is 30.5 Å². The molecule has 1 heterocycles. The quantitative estimate of drug-likeness (QED) is 0.744. The highest BCUT2D eigenvalue weighted by Gasteiger charge is 2.00. The van der Waals surface area contributed by atoms with E-state index in [1.165, 1.54) is 10.9 Å². The molecule has 0 radical (unpaired) electrons. The van der Waals surface area contributed by atoms with E-state index < -0.39 is 0 Å². The molecule has 0 aliphatic heterocycles. The van der Waals surface area contributed by atoms with Crippen LogP contribution in [-0.2, 0) is 6.54 Å². The predicted octanol–water partition coefficient (Wildman–Crippen LogP) is 3.85. The van der Waals surface area contributed by atoms with Crippen LogP contribution in [0.4, 0.5) is 5.69 Å². The molecule has 18 heavy (non-hydrogen) atoms. The second kappa shape index (κ2) is 4.88. The van der Waals surface area contributed by atoms with Crippen LogP contribution in [0.3, 0.4) is 0 Å². The van der Waals surface area contributed by atoms with Crippen molar-refractivity contribution in [1.82, 2.24) is 4.98 Å². The number of anilines is 1. The van der Waals surface area contributed by atoms with Gasteiger partial charge in [0.25, 0.3) is 0 Å². The summed E-state index contributed by atoms with van der Waals surface area (Å²) in [7, 11) is 0. The standard InChI is InChI=1S/C16H14N2/c1-2-9-15(10-3-1)18-12-14-7-4-6-13-8-5-11-17-16(13)14/h1-11,18H,12H2. The number of aromatic nitrogens is 1. The summed E-state index contributed by atoms with van der Waals surface area (Å²) in [6, 6.07) is 20.6. The van der Waals surface area contributed by atoms with Crippen molar-refractivity contribution in [3.8, 4) is 0 Å². The van der Waals surface area contributed by atoms with Crippen molar-refractivity contribution < 1.29 is 0 Å². The average molecular weight is 234 g/mol. The van der Waals surface area contributed by atoms with E-state index in [0.29, 0.717) is 0 Å². The molecule has 2 aromatic carbocycles. The van der Waals surface area contributed by atoms with Crippen LogP contribution in [0.1, 0.15) is 5.56 Å². The van der Waals surface area contributed by atoms with E-state index in [1.54, 1.807) is 0 Å². The van der Waals surface area contributed by atoms with E-state index in [0.717, 1.165) is 17.7 Å². The first kappa shape index (κ1) is 10.8. The summed E-state index contributed by atoms with van der Waals surface area (Å²) in [6.45, 7) is 0.790. The van der Waals surface area contributed by atoms with Gasteiger partial charge in [-0.25, -0.2) is 0 Å². The Hall–Kier alpha value is -2.35. The SMILES string of the molecule is c1ccc(NCc2cccc3cccnc23)cc1. The first-order chi connectivity index (χ1) is 8.93. The van der Waals surface area contributed by atoms with Gasteiger partial charge in [-0.3, -0.25) is 4.98 Å². The smallest absolute Gasteiger partial charge is 0.0751 e. The van der Waals surface area contributed by atoms with Gasteiger partial charge < -0.3 is 5.32 Å². The fourth-order valence-corrected chi connectivity index (χ4v) is 2.06. The van der Waals surface area contributed by atoms with Gasteiger partial charge >= 0.3 is 0 Å². The Morgan fingerprint density at radius 1 is 0.833 bits per heavy atom. The number of nitrogens with zero attached hydrogens (tertiary/aromatic N) is 1. The van der Waals surface area contributed by atoms with Crippen molar-refractivity contribution in [2.45, 2.75) is 6.54 Å². The van der Waals surface area contributed by atoms with Crippen molar-refractivity contribution in [2.75, 3.05) is 5.32 Å². The minimum atomic E-state index is 0.790. The second-order valence-electron chi connectivity index (χ2n) is 4.21. The minimum Gasteiger partial charge on any atom is -0.381 e. The number of para-hydroxylation sites is 2. The highest BCUT2D eigenvalue weighted by molar-refractivity contribution is 5.81. The van der Waals surface area contributed by atoms with Gasteiger partial charge in [0.2, 0.25) is 0 Å². The van der Waals surface area contributed by atoms with Gasteiger partial charge in [0.1, 0.15) is 0 Å². The third-order valence-electron chi connectivity index (χ3n) is 2.97. The first-order valence-corrected chi connectivity index (χ1v) is 6.05. The van der Waals surface area contributed by atoms with Gasteiger partial charge in [0.05, 0.1) is 5.52 Å². The largest absolute Gasteiger partial charge is 0.381 e. The van der Waals surface area contributed by atoms with Crippen molar-refractivity contribution in [3.05, 3.63) is 72.4 Å². The molecule has 88 valence electrons. The number of benzene rings is 2. The van der Waals surface area contributed by atoms with Gasteiger partial charge in [0, 0.05) is 23.8 Å². The Morgan fingerprint density at radius 3 is 2.56 bits per heavy atom. The molecule has 0 aliphatic rings. The number of nitrogens with one attached hydrogen (secondary N) is 1. The van der Waals surface area contributed by atoms with Gasteiger partial charge in [-0.1, -0.05) is 42.5 Å². The van der Waals surface area contributed by atoms with E-state index >= 15 is 0 Å². The van der Waals surface area contributed by atoms with Crippen LogP contribution < -0.4 is 5.32 Å². The van der Waals surface area contributed by atoms with Crippen LogP contribution >= 0.6 is 0 Å². The molecule has 2 heteroatoms. The van der Waals surface area contributed by atoms with E-state index in [2.05, 4.69) is 46.7 Å². The summed E-state index contributed by atoms with van der Waals surface area (Å²) in [5.74, 6) is 0. The van der Waals surface area contributed by atoms with E-state index in [4.69, 9.17) is 0 Å². The number of pyridine rings is 1. The highest BCUT2D eigenvalue weighted by atomic mass is 14.9. The molecular formula is C16H14N2. The average Bonchev–Trinajstić information content (AvgIpc) is 2.46. The molecule has 0 bridgehead atoms. The van der Waals surface area contributed by atoms with Gasteiger partial charge in [-0.15, -0.1) is 0 Å². The highest BCUT2D eigenvalue weighted by Crippen LogP contribution is 2.17. The summed E-state index contributed by atoms with van der Waals surface area (Å²) in [6.07, 6.45) is 1.84. The Kier molecular flexibility index (Phi) is 2.92. The van der Waals surface area contributed by atoms with Crippen molar-refractivity contribution >= 4 is 16.6 Å².